The molecule has 2 aliphatic rings. The van der Waals surface area contributed by atoms with Crippen molar-refractivity contribution in [1.82, 2.24) is 10.2 Å². The first-order chi connectivity index (χ1) is 12.6. The standard InChI is InChI=1S/C19H25N3O4/c1-2-26-18(24)14-7-6-10-21(12-14)19(25)20-15-11-17(23)22(13-15)16-8-4-3-5-9-16/h3-5,8-9,14-15H,2,6-7,10-13H2,1H3,(H,20,25)/t14-,15+/m0/s1. The molecule has 0 spiro atoms. The van der Waals surface area contributed by atoms with Crippen LogP contribution in [0.15, 0.2) is 30.3 Å². The quantitative estimate of drug-likeness (QED) is 0.831. The van der Waals surface area contributed by atoms with Crippen molar-refractivity contribution in [2.45, 2.75) is 32.2 Å². The van der Waals surface area contributed by atoms with Gasteiger partial charge in [0.05, 0.1) is 18.6 Å². The molecule has 140 valence electrons. The van der Waals surface area contributed by atoms with Crippen LogP contribution >= 0.6 is 0 Å². The van der Waals surface area contributed by atoms with Gasteiger partial charge in [-0.2, -0.15) is 0 Å². The molecule has 2 heterocycles. The van der Waals surface area contributed by atoms with E-state index in [2.05, 4.69) is 5.32 Å². The van der Waals surface area contributed by atoms with Crippen LogP contribution in [0.2, 0.25) is 0 Å². The number of anilines is 1. The molecule has 0 unspecified atom stereocenters. The smallest absolute Gasteiger partial charge is 0.317 e. The molecule has 7 nitrogen and oxygen atoms in total. The molecule has 0 aliphatic carbocycles. The van der Waals surface area contributed by atoms with Crippen molar-refractivity contribution in [1.29, 1.82) is 0 Å². The zero-order valence-electron chi connectivity index (χ0n) is 15.0. The lowest BCUT2D eigenvalue weighted by Crippen LogP contribution is -2.50. The van der Waals surface area contributed by atoms with Gasteiger partial charge in [0.25, 0.3) is 0 Å². The summed E-state index contributed by atoms with van der Waals surface area (Å²) in [6, 6.07) is 9.01. The number of hydrogen-bond acceptors (Lipinski definition) is 4. The third-order valence-corrected chi connectivity index (χ3v) is 4.85. The molecule has 1 aromatic rings. The van der Waals surface area contributed by atoms with Crippen LogP contribution in [0.1, 0.15) is 26.2 Å². The fraction of sp³-hybridized carbons (Fsp3) is 0.526. The molecular formula is C19H25N3O4. The van der Waals surface area contributed by atoms with Crippen LogP contribution in [0.5, 0.6) is 0 Å². The van der Waals surface area contributed by atoms with Gasteiger partial charge < -0.3 is 19.9 Å². The predicted octanol–water partition coefficient (Wildman–Crippen LogP) is 1.78. The number of carbonyl (C=O) groups excluding carboxylic acids is 3. The summed E-state index contributed by atoms with van der Waals surface area (Å²) in [6.07, 6.45) is 1.80. The Morgan fingerprint density at radius 1 is 1.23 bits per heavy atom. The maximum atomic E-state index is 12.6. The molecule has 2 fully saturated rings. The molecule has 1 N–H and O–H groups in total. The van der Waals surface area contributed by atoms with Gasteiger partial charge in [-0.15, -0.1) is 0 Å². The fourth-order valence-electron chi connectivity index (χ4n) is 3.54. The number of benzene rings is 1. The number of nitrogens with zero attached hydrogens (tertiary/aromatic N) is 2. The summed E-state index contributed by atoms with van der Waals surface area (Å²) in [7, 11) is 0. The lowest BCUT2D eigenvalue weighted by Gasteiger charge is -2.32. The lowest BCUT2D eigenvalue weighted by atomic mass is 9.98. The summed E-state index contributed by atoms with van der Waals surface area (Å²) >= 11 is 0. The summed E-state index contributed by atoms with van der Waals surface area (Å²) in [5, 5.41) is 2.94. The highest BCUT2D eigenvalue weighted by Gasteiger charge is 2.34. The van der Waals surface area contributed by atoms with E-state index < -0.39 is 0 Å². The average molecular weight is 359 g/mol. The predicted molar refractivity (Wildman–Crippen MR) is 96.7 cm³/mol. The first kappa shape index (κ1) is 18.2. The number of likely N-dealkylation sites (tertiary alicyclic amines) is 1. The summed E-state index contributed by atoms with van der Waals surface area (Å²) in [6.45, 7) is 3.57. The van der Waals surface area contributed by atoms with Gasteiger partial charge in [-0.05, 0) is 31.9 Å². The number of hydrogen-bond donors (Lipinski definition) is 1. The molecule has 0 bridgehead atoms. The van der Waals surface area contributed by atoms with E-state index in [1.54, 1.807) is 16.7 Å². The van der Waals surface area contributed by atoms with Gasteiger partial charge in [-0.1, -0.05) is 18.2 Å². The Labute approximate surface area is 153 Å². The van der Waals surface area contributed by atoms with Gasteiger partial charge in [0.2, 0.25) is 5.91 Å². The van der Waals surface area contributed by atoms with Crippen LogP contribution in [-0.4, -0.2) is 55.1 Å². The lowest BCUT2D eigenvalue weighted by molar-refractivity contribution is -0.149. The number of para-hydroxylation sites is 1. The topological polar surface area (TPSA) is 79.0 Å². The van der Waals surface area contributed by atoms with Crippen LogP contribution in [0.25, 0.3) is 0 Å². The van der Waals surface area contributed by atoms with Gasteiger partial charge in [0, 0.05) is 31.7 Å². The van der Waals surface area contributed by atoms with Crippen molar-refractivity contribution >= 4 is 23.6 Å². The molecule has 2 saturated heterocycles. The number of esters is 1. The van der Waals surface area contributed by atoms with E-state index in [4.69, 9.17) is 4.74 Å². The molecular weight excluding hydrogens is 334 g/mol. The Kier molecular flexibility index (Phi) is 5.75. The van der Waals surface area contributed by atoms with Crippen LogP contribution in [0.4, 0.5) is 10.5 Å². The van der Waals surface area contributed by atoms with Gasteiger partial charge >= 0.3 is 12.0 Å². The van der Waals surface area contributed by atoms with Gasteiger partial charge in [0.1, 0.15) is 0 Å². The normalized spacial score (nSPS) is 23.0. The number of nitrogens with one attached hydrogen (secondary N) is 1. The van der Waals surface area contributed by atoms with Crippen molar-refractivity contribution < 1.29 is 19.1 Å². The molecule has 2 atom stereocenters. The Morgan fingerprint density at radius 2 is 2.00 bits per heavy atom. The van der Waals surface area contributed by atoms with Crippen LogP contribution in [-0.2, 0) is 14.3 Å². The number of ether oxygens (including phenoxy) is 1. The average Bonchev–Trinajstić information content (AvgIpc) is 3.03. The highest BCUT2D eigenvalue weighted by molar-refractivity contribution is 5.96. The second-order valence-corrected chi connectivity index (χ2v) is 6.73. The van der Waals surface area contributed by atoms with E-state index in [0.717, 1.165) is 18.5 Å². The van der Waals surface area contributed by atoms with Crippen LogP contribution in [0, 0.1) is 5.92 Å². The van der Waals surface area contributed by atoms with Crippen LogP contribution < -0.4 is 10.2 Å². The zero-order chi connectivity index (χ0) is 18.5. The number of rotatable bonds is 4. The monoisotopic (exact) mass is 359 g/mol. The van der Waals surface area contributed by atoms with E-state index in [0.29, 0.717) is 26.2 Å². The Morgan fingerprint density at radius 3 is 2.73 bits per heavy atom. The summed E-state index contributed by atoms with van der Waals surface area (Å²) < 4.78 is 5.07. The minimum Gasteiger partial charge on any atom is -0.466 e. The Hall–Kier alpha value is -2.57. The number of carbonyl (C=O) groups is 3. The van der Waals surface area contributed by atoms with Gasteiger partial charge in [-0.3, -0.25) is 9.59 Å². The molecule has 0 radical (unpaired) electrons. The second-order valence-electron chi connectivity index (χ2n) is 6.73. The zero-order valence-corrected chi connectivity index (χ0v) is 15.0. The van der Waals surface area contributed by atoms with Crippen molar-refractivity contribution in [3.63, 3.8) is 0 Å². The summed E-state index contributed by atoms with van der Waals surface area (Å²) in [5.74, 6) is -0.499. The molecule has 26 heavy (non-hydrogen) atoms. The largest absolute Gasteiger partial charge is 0.466 e. The number of amides is 3. The second kappa shape index (κ2) is 8.21. The Balaban J connectivity index is 1.55. The van der Waals surface area contributed by atoms with Crippen molar-refractivity contribution in [3.05, 3.63) is 30.3 Å². The highest BCUT2D eigenvalue weighted by Crippen LogP contribution is 2.22. The molecule has 0 saturated carbocycles. The van der Waals surface area contributed by atoms with E-state index >= 15 is 0 Å². The first-order valence-corrected chi connectivity index (χ1v) is 9.16. The maximum Gasteiger partial charge on any atom is 0.317 e. The SMILES string of the molecule is CCOC(=O)[C@H]1CCCN(C(=O)N[C@@H]2CC(=O)N(c3ccccc3)C2)C1. The van der Waals surface area contributed by atoms with E-state index in [9.17, 15) is 14.4 Å². The van der Waals surface area contributed by atoms with Crippen molar-refractivity contribution in [3.8, 4) is 0 Å². The van der Waals surface area contributed by atoms with E-state index in [1.807, 2.05) is 30.3 Å². The summed E-state index contributed by atoms with van der Waals surface area (Å²) in [5.41, 5.74) is 0.842. The molecule has 3 rings (SSSR count). The molecule has 1 aromatic carbocycles. The van der Waals surface area contributed by atoms with E-state index in [-0.39, 0.29) is 36.3 Å². The van der Waals surface area contributed by atoms with Gasteiger partial charge in [0.15, 0.2) is 0 Å². The number of urea groups is 1. The van der Waals surface area contributed by atoms with E-state index in [1.165, 1.54) is 0 Å². The molecule has 0 aromatic heterocycles. The third kappa shape index (κ3) is 4.15. The molecule has 2 aliphatic heterocycles. The number of piperidine rings is 1. The maximum absolute atomic E-state index is 12.6. The van der Waals surface area contributed by atoms with Crippen LogP contribution in [0.3, 0.4) is 0 Å². The third-order valence-electron chi connectivity index (χ3n) is 4.85. The first-order valence-electron chi connectivity index (χ1n) is 9.16. The van der Waals surface area contributed by atoms with Crippen molar-refractivity contribution in [2.75, 3.05) is 31.1 Å². The minimum atomic E-state index is -0.263. The summed E-state index contributed by atoms with van der Waals surface area (Å²) in [4.78, 5) is 40.1. The minimum absolute atomic E-state index is 0.00421. The fourth-order valence-corrected chi connectivity index (χ4v) is 3.54. The van der Waals surface area contributed by atoms with Crippen molar-refractivity contribution in [2.24, 2.45) is 5.92 Å². The molecule has 7 heteroatoms. The highest BCUT2D eigenvalue weighted by atomic mass is 16.5. The van der Waals surface area contributed by atoms with Gasteiger partial charge in [-0.25, -0.2) is 4.79 Å². The molecule has 3 amide bonds. The Bertz CT molecular complexity index is 664.